The molecule has 0 fully saturated rings. The number of benzene rings is 2. The normalized spacial score (nSPS) is 19.6. The van der Waals surface area contributed by atoms with Gasteiger partial charge in [-0.25, -0.2) is 0 Å². The molecule has 1 atom stereocenters. The number of halogens is 1. The van der Waals surface area contributed by atoms with Crippen molar-refractivity contribution in [1.29, 1.82) is 0 Å². The molecular weight excluding hydrogens is 348 g/mol. The Kier molecular flexibility index (Phi) is 4.76. The third kappa shape index (κ3) is 3.58. The Bertz CT molecular complexity index is 875. The molecule has 134 valence electrons. The average molecular weight is 369 g/mol. The summed E-state index contributed by atoms with van der Waals surface area (Å²) >= 11 is 5.92. The second-order valence-electron chi connectivity index (χ2n) is 7.52. The summed E-state index contributed by atoms with van der Waals surface area (Å²) in [4.78, 5) is 26.2. The summed E-state index contributed by atoms with van der Waals surface area (Å²) in [6.07, 6.45) is 3.76. The van der Waals surface area contributed by atoms with Gasteiger partial charge in [0.05, 0.1) is 0 Å². The summed E-state index contributed by atoms with van der Waals surface area (Å²) in [6, 6.07) is 14.6. The summed E-state index contributed by atoms with van der Waals surface area (Å²) < 4.78 is 5.60. The molecule has 3 nitrogen and oxygen atoms in total. The molecular formula is C22H21ClO3. The van der Waals surface area contributed by atoms with Crippen molar-refractivity contribution in [2.45, 2.75) is 32.8 Å². The predicted octanol–water partition coefficient (Wildman–Crippen LogP) is 5.12. The van der Waals surface area contributed by atoms with E-state index in [0.717, 1.165) is 11.1 Å². The van der Waals surface area contributed by atoms with Crippen LogP contribution in [-0.4, -0.2) is 17.4 Å². The van der Waals surface area contributed by atoms with Crippen molar-refractivity contribution >= 4 is 29.4 Å². The van der Waals surface area contributed by atoms with Crippen molar-refractivity contribution in [3.8, 4) is 0 Å². The monoisotopic (exact) mass is 368 g/mol. The number of carbonyl (C=O) groups excluding carboxylic acids is 2. The van der Waals surface area contributed by atoms with Crippen LogP contribution in [0.5, 0.6) is 0 Å². The molecule has 1 aliphatic rings. The Morgan fingerprint density at radius 3 is 2.38 bits per heavy atom. The molecule has 0 saturated carbocycles. The minimum atomic E-state index is -1.34. The van der Waals surface area contributed by atoms with Gasteiger partial charge < -0.3 is 4.74 Å². The van der Waals surface area contributed by atoms with E-state index in [-0.39, 0.29) is 5.78 Å². The predicted molar refractivity (Wildman–Crippen MR) is 103 cm³/mol. The van der Waals surface area contributed by atoms with Gasteiger partial charge in [0, 0.05) is 17.0 Å². The quantitative estimate of drug-likeness (QED) is 0.557. The highest BCUT2D eigenvalue weighted by Gasteiger charge is 2.51. The fraction of sp³-hybridized carbons (Fsp3) is 0.273. The molecule has 4 heteroatoms. The van der Waals surface area contributed by atoms with Crippen molar-refractivity contribution in [3.63, 3.8) is 0 Å². The molecule has 0 aliphatic heterocycles. The maximum Gasteiger partial charge on any atom is 0.324 e. The molecule has 0 spiro atoms. The molecule has 0 amide bonds. The number of rotatable bonds is 3. The topological polar surface area (TPSA) is 43.4 Å². The Labute approximate surface area is 158 Å². The maximum absolute atomic E-state index is 13.1. The SMILES string of the molecule is CC(C)(C)OC(=O)[C@@]1(/C=C/c2ccc(Cl)cc2)Cc2ccccc2C1=O. The van der Waals surface area contributed by atoms with Crippen molar-refractivity contribution < 1.29 is 14.3 Å². The smallest absolute Gasteiger partial charge is 0.324 e. The number of esters is 1. The van der Waals surface area contributed by atoms with Crippen LogP contribution in [0.25, 0.3) is 6.08 Å². The summed E-state index contributed by atoms with van der Waals surface area (Å²) in [5.74, 6) is -0.732. The highest BCUT2D eigenvalue weighted by atomic mass is 35.5. The van der Waals surface area contributed by atoms with Crippen LogP contribution in [0, 0.1) is 5.41 Å². The van der Waals surface area contributed by atoms with Crippen molar-refractivity contribution in [3.05, 3.63) is 76.3 Å². The third-order valence-electron chi connectivity index (χ3n) is 4.33. The third-order valence-corrected chi connectivity index (χ3v) is 4.58. The number of hydrogen-bond donors (Lipinski definition) is 0. The van der Waals surface area contributed by atoms with E-state index in [2.05, 4.69) is 0 Å². The molecule has 0 saturated heterocycles. The lowest BCUT2D eigenvalue weighted by molar-refractivity contribution is -0.161. The lowest BCUT2D eigenvalue weighted by Crippen LogP contribution is -2.40. The van der Waals surface area contributed by atoms with Gasteiger partial charge in [-0.05, 0) is 44.0 Å². The highest BCUT2D eigenvalue weighted by molar-refractivity contribution is 6.30. The Morgan fingerprint density at radius 1 is 1.12 bits per heavy atom. The molecule has 2 aromatic rings. The number of ether oxygens (including phenoxy) is 1. The number of Topliss-reactive ketones (excluding diaryl/α,β-unsaturated/α-hetero) is 1. The van der Waals surface area contributed by atoms with Gasteiger partial charge in [-0.3, -0.25) is 9.59 Å². The van der Waals surface area contributed by atoms with Crippen molar-refractivity contribution in [2.24, 2.45) is 5.41 Å². The van der Waals surface area contributed by atoms with Crippen LogP contribution in [0.3, 0.4) is 0 Å². The van der Waals surface area contributed by atoms with Gasteiger partial charge in [-0.15, -0.1) is 0 Å². The lowest BCUT2D eigenvalue weighted by atomic mass is 9.82. The summed E-state index contributed by atoms with van der Waals surface area (Å²) in [7, 11) is 0. The van der Waals surface area contributed by atoms with E-state index in [9.17, 15) is 9.59 Å². The van der Waals surface area contributed by atoms with E-state index in [1.165, 1.54) is 0 Å². The average Bonchev–Trinajstić information content (AvgIpc) is 2.87. The van der Waals surface area contributed by atoms with Gasteiger partial charge in [0.15, 0.2) is 11.2 Å². The zero-order valence-corrected chi connectivity index (χ0v) is 15.8. The number of carbonyl (C=O) groups is 2. The van der Waals surface area contributed by atoms with Crippen LogP contribution in [0.2, 0.25) is 5.02 Å². The molecule has 0 N–H and O–H groups in total. The van der Waals surface area contributed by atoms with Crippen LogP contribution in [0.15, 0.2) is 54.6 Å². The van der Waals surface area contributed by atoms with Gasteiger partial charge in [0.2, 0.25) is 0 Å². The van der Waals surface area contributed by atoms with E-state index in [4.69, 9.17) is 16.3 Å². The van der Waals surface area contributed by atoms with E-state index >= 15 is 0 Å². The largest absolute Gasteiger partial charge is 0.459 e. The Balaban J connectivity index is 2.02. The van der Waals surface area contributed by atoms with Gasteiger partial charge in [-0.2, -0.15) is 0 Å². The van der Waals surface area contributed by atoms with Crippen LogP contribution < -0.4 is 0 Å². The van der Waals surface area contributed by atoms with Crippen LogP contribution in [0.4, 0.5) is 0 Å². The Morgan fingerprint density at radius 2 is 1.77 bits per heavy atom. The molecule has 26 heavy (non-hydrogen) atoms. The van der Waals surface area contributed by atoms with Gasteiger partial charge in [-0.1, -0.05) is 60.2 Å². The van der Waals surface area contributed by atoms with E-state index < -0.39 is 17.0 Å². The second kappa shape index (κ2) is 6.73. The molecule has 0 aromatic heterocycles. The van der Waals surface area contributed by atoms with Crippen molar-refractivity contribution in [2.75, 3.05) is 0 Å². The fourth-order valence-corrected chi connectivity index (χ4v) is 3.19. The molecule has 1 aliphatic carbocycles. The molecule has 0 heterocycles. The van der Waals surface area contributed by atoms with E-state index in [1.54, 1.807) is 51.1 Å². The minimum absolute atomic E-state index is 0.215. The fourth-order valence-electron chi connectivity index (χ4n) is 3.07. The first-order chi connectivity index (χ1) is 12.2. The molecule has 0 bridgehead atoms. The van der Waals surface area contributed by atoms with Gasteiger partial charge in [0.25, 0.3) is 0 Å². The number of ketones is 1. The molecule has 2 aromatic carbocycles. The standard InChI is InChI=1S/C22H21ClO3/c1-21(2,3)26-20(25)22(13-12-15-8-10-17(23)11-9-15)14-16-6-4-5-7-18(16)19(22)24/h4-13H,14H2,1-3H3/b13-12+/t22-/m0/s1. The van der Waals surface area contributed by atoms with Gasteiger partial charge in [0.1, 0.15) is 5.60 Å². The van der Waals surface area contributed by atoms with E-state index in [1.807, 2.05) is 30.3 Å². The zero-order valence-electron chi connectivity index (χ0n) is 15.1. The first-order valence-electron chi connectivity index (χ1n) is 8.52. The first kappa shape index (κ1) is 18.4. The minimum Gasteiger partial charge on any atom is -0.459 e. The number of hydrogen-bond acceptors (Lipinski definition) is 3. The zero-order chi connectivity index (χ0) is 18.9. The lowest BCUT2D eigenvalue weighted by Gasteiger charge is -2.27. The molecule has 3 rings (SSSR count). The van der Waals surface area contributed by atoms with Crippen LogP contribution in [0.1, 0.15) is 42.3 Å². The van der Waals surface area contributed by atoms with Crippen molar-refractivity contribution in [1.82, 2.24) is 0 Å². The van der Waals surface area contributed by atoms with E-state index in [0.29, 0.717) is 17.0 Å². The van der Waals surface area contributed by atoms with Crippen LogP contribution in [-0.2, 0) is 16.0 Å². The number of fused-ring (bicyclic) bond motifs is 1. The highest BCUT2D eigenvalue weighted by Crippen LogP contribution is 2.40. The Hall–Kier alpha value is -2.39. The van der Waals surface area contributed by atoms with Crippen LogP contribution >= 0.6 is 11.6 Å². The summed E-state index contributed by atoms with van der Waals surface area (Å²) in [5.41, 5.74) is 0.299. The molecule has 0 radical (unpaired) electrons. The summed E-state index contributed by atoms with van der Waals surface area (Å²) in [5, 5.41) is 0.633. The second-order valence-corrected chi connectivity index (χ2v) is 7.96. The van der Waals surface area contributed by atoms with Gasteiger partial charge >= 0.3 is 5.97 Å². The maximum atomic E-state index is 13.1. The first-order valence-corrected chi connectivity index (χ1v) is 8.90. The molecule has 0 unspecified atom stereocenters. The summed E-state index contributed by atoms with van der Waals surface area (Å²) in [6.45, 7) is 5.40.